The molecule has 2 N–H and O–H groups in total. The van der Waals surface area contributed by atoms with Crippen LogP contribution < -0.4 is 5.73 Å². The van der Waals surface area contributed by atoms with Crippen LogP contribution in [0.3, 0.4) is 0 Å². The van der Waals surface area contributed by atoms with Gasteiger partial charge < -0.3 is 10.6 Å². The molecule has 0 saturated heterocycles. The van der Waals surface area contributed by atoms with Crippen molar-refractivity contribution in [1.82, 2.24) is 4.90 Å². The molecule has 0 saturated carbocycles. The molecule has 0 aliphatic carbocycles. The van der Waals surface area contributed by atoms with Crippen LogP contribution in [0.1, 0.15) is 33.1 Å². The summed E-state index contributed by atoms with van der Waals surface area (Å²) in [6.07, 6.45) is 0. The third kappa shape index (κ3) is 4.23. The van der Waals surface area contributed by atoms with Gasteiger partial charge in [-0.1, -0.05) is 72.8 Å². The maximum atomic E-state index is 13.3. The molecule has 0 bridgehead atoms. The summed E-state index contributed by atoms with van der Waals surface area (Å²) >= 11 is 0. The summed E-state index contributed by atoms with van der Waals surface area (Å²) in [5.41, 5.74) is 8.99. The number of carbonyl (C=O) groups is 2. The van der Waals surface area contributed by atoms with E-state index in [9.17, 15) is 9.59 Å². The van der Waals surface area contributed by atoms with Gasteiger partial charge in [0.2, 0.25) is 5.91 Å². The molecule has 4 heteroatoms. The van der Waals surface area contributed by atoms with Crippen LogP contribution in [0.5, 0.6) is 0 Å². The SMILES string of the molecule is Cc1ccccc1CN(C(=O)c1ccccc1)[C@@H](C(N)=O)c1ccccc1. The number of primary amides is 1. The van der Waals surface area contributed by atoms with Gasteiger partial charge in [-0.3, -0.25) is 9.59 Å². The lowest BCUT2D eigenvalue weighted by atomic mass is 10.0. The second-order valence-electron chi connectivity index (χ2n) is 6.44. The molecule has 3 aromatic rings. The van der Waals surface area contributed by atoms with Crippen molar-refractivity contribution in [2.45, 2.75) is 19.5 Å². The summed E-state index contributed by atoms with van der Waals surface area (Å²) < 4.78 is 0. The van der Waals surface area contributed by atoms with Crippen molar-refractivity contribution < 1.29 is 9.59 Å². The molecule has 0 radical (unpaired) electrons. The van der Waals surface area contributed by atoms with Crippen LogP contribution >= 0.6 is 0 Å². The van der Waals surface area contributed by atoms with Gasteiger partial charge in [0.25, 0.3) is 5.91 Å². The molecule has 0 heterocycles. The van der Waals surface area contributed by atoms with E-state index in [2.05, 4.69) is 0 Å². The lowest BCUT2D eigenvalue weighted by Crippen LogP contribution is -2.41. The van der Waals surface area contributed by atoms with Crippen molar-refractivity contribution >= 4 is 11.8 Å². The Kier molecular flexibility index (Phi) is 5.67. The first-order valence-electron chi connectivity index (χ1n) is 8.82. The van der Waals surface area contributed by atoms with Gasteiger partial charge in [0.1, 0.15) is 6.04 Å². The van der Waals surface area contributed by atoms with Crippen LogP contribution in [-0.4, -0.2) is 16.7 Å². The van der Waals surface area contributed by atoms with Gasteiger partial charge in [-0.25, -0.2) is 0 Å². The number of hydrogen-bond acceptors (Lipinski definition) is 2. The number of hydrogen-bond donors (Lipinski definition) is 1. The zero-order valence-electron chi connectivity index (χ0n) is 15.2. The van der Waals surface area contributed by atoms with E-state index in [0.717, 1.165) is 11.1 Å². The monoisotopic (exact) mass is 358 g/mol. The van der Waals surface area contributed by atoms with Crippen molar-refractivity contribution in [3.8, 4) is 0 Å². The third-order valence-electron chi connectivity index (χ3n) is 4.58. The van der Waals surface area contributed by atoms with Crippen LogP contribution in [0.4, 0.5) is 0 Å². The van der Waals surface area contributed by atoms with Crippen molar-refractivity contribution in [3.05, 3.63) is 107 Å². The molecule has 27 heavy (non-hydrogen) atoms. The zero-order valence-corrected chi connectivity index (χ0v) is 15.2. The van der Waals surface area contributed by atoms with Gasteiger partial charge in [0.05, 0.1) is 0 Å². The fourth-order valence-electron chi connectivity index (χ4n) is 3.13. The lowest BCUT2D eigenvalue weighted by molar-refractivity contribution is -0.122. The van der Waals surface area contributed by atoms with Crippen LogP contribution in [-0.2, 0) is 11.3 Å². The van der Waals surface area contributed by atoms with E-state index in [4.69, 9.17) is 5.73 Å². The maximum Gasteiger partial charge on any atom is 0.255 e. The highest BCUT2D eigenvalue weighted by atomic mass is 16.2. The van der Waals surface area contributed by atoms with Crippen molar-refractivity contribution in [2.24, 2.45) is 5.73 Å². The number of carbonyl (C=O) groups excluding carboxylic acids is 2. The smallest absolute Gasteiger partial charge is 0.255 e. The number of amides is 2. The van der Waals surface area contributed by atoms with E-state index < -0.39 is 11.9 Å². The second kappa shape index (κ2) is 8.32. The average Bonchev–Trinajstić information content (AvgIpc) is 2.69. The van der Waals surface area contributed by atoms with Gasteiger partial charge in [0.15, 0.2) is 0 Å². The van der Waals surface area contributed by atoms with E-state index >= 15 is 0 Å². The summed E-state index contributed by atoms with van der Waals surface area (Å²) in [7, 11) is 0. The first kappa shape index (κ1) is 18.4. The molecular weight excluding hydrogens is 336 g/mol. The summed E-state index contributed by atoms with van der Waals surface area (Å²) in [5, 5.41) is 0. The molecule has 0 spiro atoms. The number of rotatable bonds is 6. The number of nitrogens with two attached hydrogens (primary N) is 1. The zero-order chi connectivity index (χ0) is 19.2. The van der Waals surface area contributed by atoms with Gasteiger partial charge in [-0.2, -0.15) is 0 Å². The Hall–Kier alpha value is -3.40. The maximum absolute atomic E-state index is 13.3. The predicted molar refractivity (Wildman–Crippen MR) is 106 cm³/mol. The van der Waals surface area contributed by atoms with Crippen LogP contribution in [0.15, 0.2) is 84.9 Å². The van der Waals surface area contributed by atoms with E-state index in [-0.39, 0.29) is 5.91 Å². The highest BCUT2D eigenvalue weighted by Gasteiger charge is 2.30. The molecule has 3 rings (SSSR count). The van der Waals surface area contributed by atoms with Crippen molar-refractivity contribution in [3.63, 3.8) is 0 Å². The molecule has 136 valence electrons. The van der Waals surface area contributed by atoms with Crippen LogP contribution in [0, 0.1) is 6.92 Å². The van der Waals surface area contributed by atoms with E-state index in [0.29, 0.717) is 17.7 Å². The molecule has 0 aromatic heterocycles. The van der Waals surface area contributed by atoms with Crippen LogP contribution in [0.2, 0.25) is 0 Å². The van der Waals surface area contributed by atoms with Gasteiger partial charge in [-0.05, 0) is 35.7 Å². The summed E-state index contributed by atoms with van der Waals surface area (Å²) in [5.74, 6) is -0.787. The van der Waals surface area contributed by atoms with Gasteiger partial charge in [0, 0.05) is 12.1 Å². The Balaban J connectivity index is 2.06. The Labute approximate surface area is 159 Å². The molecule has 0 unspecified atom stereocenters. The molecule has 2 amide bonds. The summed E-state index contributed by atoms with van der Waals surface area (Å²) in [6, 6.07) is 25.1. The average molecular weight is 358 g/mol. The third-order valence-corrected chi connectivity index (χ3v) is 4.58. The fourth-order valence-corrected chi connectivity index (χ4v) is 3.13. The Morgan fingerprint density at radius 2 is 1.41 bits per heavy atom. The second-order valence-corrected chi connectivity index (χ2v) is 6.44. The molecule has 3 aromatic carbocycles. The first-order valence-corrected chi connectivity index (χ1v) is 8.82. The minimum Gasteiger partial charge on any atom is -0.368 e. The standard InChI is InChI=1S/C23H22N2O2/c1-17-10-8-9-15-20(17)16-25(23(27)19-13-6-3-7-14-19)21(22(24)26)18-11-4-2-5-12-18/h2-15,21H,16H2,1H3,(H2,24,26)/t21-/m1/s1. The topological polar surface area (TPSA) is 63.4 Å². The highest BCUT2D eigenvalue weighted by Crippen LogP contribution is 2.26. The van der Waals surface area contributed by atoms with Crippen molar-refractivity contribution in [2.75, 3.05) is 0 Å². The normalized spacial score (nSPS) is 11.6. The largest absolute Gasteiger partial charge is 0.368 e. The van der Waals surface area contributed by atoms with Crippen LogP contribution in [0.25, 0.3) is 0 Å². The Morgan fingerprint density at radius 3 is 2.00 bits per heavy atom. The first-order chi connectivity index (χ1) is 13.1. The number of nitrogens with zero attached hydrogens (tertiary/aromatic N) is 1. The van der Waals surface area contributed by atoms with E-state index in [1.54, 1.807) is 29.2 Å². The van der Waals surface area contributed by atoms with Gasteiger partial charge in [-0.15, -0.1) is 0 Å². The highest BCUT2D eigenvalue weighted by molar-refractivity contribution is 5.97. The molecule has 4 nitrogen and oxygen atoms in total. The molecular formula is C23H22N2O2. The minimum atomic E-state index is -0.849. The summed E-state index contributed by atoms with van der Waals surface area (Å²) in [4.78, 5) is 27.2. The lowest BCUT2D eigenvalue weighted by Gasteiger charge is -2.31. The Bertz CT molecular complexity index is 923. The quantitative estimate of drug-likeness (QED) is 0.727. The predicted octanol–water partition coefficient (Wildman–Crippen LogP) is 3.86. The summed E-state index contributed by atoms with van der Waals surface area (Å²) in [6.45, 7) is 2.28. The minimum absolute atomic E-state index is 0.230. The van der Waals surface area contributed by atoms with E-state index in [1.165, 1.54) is 0 Å². The molecule has 0 fully saturated rings. The van der Waals surface area contributed by atoms with Gasteiger partial charge >= 0.3 is 0 Å². The van der Waals surface area contributed by atoms with E-state index in [1.807, 2.05) is 67.6 Å². The number of benzene rings is 3. The van der Waals surface area contributed by atoms with Crippen molar-refractivity contribution in [1.29, 1.82) is 0 Å². The number of aryl methyl sites for hydroxylation is 1. The molecule has 1 atom stereocenters. The molecule has 0 aliphatic heterocycles. The molecule has 0 aliphatic rings. The fraction of sp³-hybridized carbons (Fsp3) is 0.130. The Morgan fingerprint density at radius 1 is 0.852 bits per heavy atom.